The van der Waals surface area contributed by atoms with Crippen LogP contribution in [0.3, 0.4) is 0 Å². The van der Waals surface area contributed by atoms with E-state index in [0.717, 1.165) is 12.5 Å². The second kappa shape index (κ2) is 7.10. The molecule has 0 bridgehead atoms. The number of alkyl halides is 1. The lowest BCUT2D eigenvalue weighted by atomic mass is 9.86. The van der Waals surface area contributed by atoms with Crippen LogP contribution in [0.5, 0.6) is 0 Å². The minimum absolute atomic E-state index is 0.246. The first-order chi connectivity index (χ1) is 7.18. The zero-order valence-electron chi connectivity index (χ0n) is 10.2. The normalized spacial score (nSPS) is 20.8. The first-order valence-electron chi connectivity index (χ1n) is 6.38. The highest BCUT2D eigenvalue weighted by molar-refractivity contribution is 14.1. The molecule has 0 spiro atoms. The Hall–Kier alpha value is 0.690. The summed E-state index contributed by atoms with van der Waals surface area (Å²) < 4.78 is 7.34. The summed E-state index contributed by atoms with van der Waals surface area (Å²) in [6.07, 6.45) is 9.26. The van der Waals surface area contributed by atoms with Crippen LogP contribution >= 0.6 is 22.6 Å². The van der Waals surface area contributed by atoms with Gasteiger partial charge in [0.2, 0.25) is 0 Å². The van der Waals surface area contributed by atoms with Gasteiger partial charge in [-0.1, -0.05) is 55.7 Å². The molecule has 1 aliphatic carbocycles. The van der Waals surface area contributed by atoms with Gasteiger partial charge in [0.25, 0.3) is 0 Å². The molecule has 0 N–H and O–H groups in total. The molecule has 0 aromatic carbocycles. The summed E-state index contributed by atoms with van der Waals surface area (Å²) in [4.78, 5) is 0. The first kappa shape index (κ1) is 13.8. The summed E-state index contributed by atoms with van der Waals surface area (Å²) in [6, 6.07) is 0. The Labute approximate surface area is 108 Å². The molecule has 0 saturated heterocycles. The Morgan fingerprint density at radius 2 is 1.87 bits per heavy atom. The summed E-state index contributed by atoms with van der Waals surface area (Å²) in [5.74, 6) is 0.815. The van der Waals surface area contributed by atoms with Gasteiger partial charge in [0, 0.05) is 11.0 Å². The first-order valence-corrected chi connectivity index (χ1v) is 7.91. The van der Waals surface area contributed by atoms with Crippen LogP contribution in [-0.2, 0) is 4.74 Å². The lowest BCUT2D eigenvalue weighted by molar-refractivity contribution is -0.0520. The van der Waals surface area contributed by atoms with Crippen molar-refractivity contribution in [3.8, 4) is 0 Å². The van der Waals surface area contributed by atoms with Crippen LogP contribution in [0.25, 0.3) is 0 Å². The van der Waals surface area contributed by atoms with Crippen LogP contribution in [0.2, 0.25) is 0 Å². The quantitative estimate of drug-likeness (QED) is 0.395. The highest BCUT2D eigenvalue weighted by Crippen LogP contribution is 2.33. The van der Waals surface area contributed by atoms with Gasteiger partial charge in [-0.2, -0.15) is 0 Å². The topological polar surface area (TPSA) is 9.23 Å². The molecule has 1 nitrogen and oxygen atoms in total. The largest absolute Gasteiger partial charge is 0.374 e. The monoisotopic (exact) mass is 324 g/mol. The maximum Gasteiger partial charge on any atom is 0.0771 e. The van der Waals surface area contributed by atoms with Crippen molar-refractivity contribution in [2.45, 2.75) is 64.4 Å². The van der Waals surface area contributed by atoms with E-state index in [1.807, 2.05) is 0 Å². The second-order valence-electron chi connectivity index (χ2n) is 5.26. The molecule has 15 heavy (non-hydrogen) atoms. The molecule has 90 valence electrons. The molecular weight excluding hydrogens is 299 g/mol. The zero-order chi connectivity index (χ0) is 11.1. The van der Waals surface area contributed by atoms with Crippen LogP contribution in [0.4, 0.5) is 0 Å². The molecule has 0 heterocycles. The number of halogens is 1. The Morgan fingerprint density at radius 1 is 1.20 bits per heavy atom. The predicted molar refractivity (Wildman–Crippen MR) is 74.7 cm³/mol. The van der Waals surface area contributed by atoms with E-state index in [2.05, 4.69) is 36.4 Å². The maximum absolute atomic E-state index is 6.16. The van der Waals surface area contributed by atoms with E-state index in [1.165, 1.54) is 49.4 Å². The Bertz CT molecular complexity index is 162. The predicted octanol–water partition coefficient (Wildman–Crippen LogP) is 4.58. The third-order valence-electron chi connectivity index (χ3n) is 3.34. The highest BCUT2D eigenvalue weighted by atomic mass is 127. The number of hydrogen-bond acceptors (Lipinski definition) is 1. The van der Waals surface area contributed by atoms with E-state index >= 15 is 0 Å². The second-order valence-corrected chi connectivity index (χ2v) is 6.02. The fraction of sp³-hybridized carbons (Fsp3) is 1.00. The standard InChI is InChI=1S/C13H25IO/c1-12(2)7-6-10-15-13(11-14)8-4-3-5-9-13/h12H,3-11H2,1-2H3. The van der Waals surface area contributed by atoms with Crippen molar-refractivity contribution >= 4 is 22.6 Å². The van der Waals surface area contributed by atoms with E-state index in [-0.39, 0.29) is 5.60 Å². The molecule has 0 amide bonds. The van der Waals surface area contributed by atoms with E-state index < -0.39 is 0 Å². The van der Waals surface area contributed by atoms with E-state index in [9.17, 15) is 0 Å². The summed E-state index contributed by atoms with van der Waals surface area (Å²) in [6.45, 7) is 5.55. The summed E-state index contributed by atoms with van der Waals surface area (Å²) >= 11 is 2.50. The van der Waals surface area contributed by atoms with Crippen molar-refractivity contribution in [3.05, 3.63) is 0 Å². The van der Waals surface area contributed by atoms with Crippen molar-refractivity contribution in [2.75, 3.05) is 11.0 Å². The molecule has 1 fully saturated rings. The third-order valence-corrected chi connectivity index (χ3v) is 4.73. The average molecular weight is 324 g/mol. The smallest absolute Gasteiger partial charge is 0.0771 e. The minimum atomic E-state index is 0.246. The Balaban J connectivity index is 2.20. The van der Waals surface area contributed by atoms with E-state index in [1.54, 1.807) is 0 Å². The van der Waals surface area contributed by atoms with Crippen molar-refractivity contribution in [1.29, 1.82) is 0 Å². The number of rotatable bonds is 6. The molecule has 0 radical (unpaired) electrons. The van der Waals surface area contributed by atoms with Crippen LogP contribution in [0.15, 0.2) is 0 Å². The van der Waals surface area contributed by atoms with Crippen molar-refractivity contribution in [1.82, 2.24) is 0 Å². The molecule has 0 aromatic heterocycles. The molecule has 1 saturated carbocycles. The van der Waals surface area contributed by atoms with Gasteiger partial charge in [0.15, 0.2) is 0 Å². The van der Waals surface area contributed by atoms with Gasteiger partial charge in [-0.25, -0.2) is 0 Å². The van der Waals surface area contributed by atoms with Gasteiger partial charge in [0.1, 0.15) is 0 Å². The molecule has 0 unspecified atom stereocenters. The van der Waals surface area contributed by atoms with Crippen molar-refractivity contribution in [3.63, 3.8) is 0 Å². The van der Waals surface area contributed by atoms with E-state index in [0.29, 0.717) is 0 Å². The lowest BCUT2D eigenvalue weighted by Crippen LogP contribution is -2.37. The molecular formula is C13H25IO. The number of ether oxygens (including phenoxy) is 1. The summed E-state index contributed by atoms with van der Waals surface area (Å²) in [5, 5.41) is 0. The SMILES string of the molecule is CC(C)CCCOC1(CI)CCCCC1. The van der Waals surface area contributed by atoms with Gasteiger partial charge in [-0.3, -0.25) is 0 Å². The van der Waals surface area contributed by atoms with Gasteiger partial charge >= 0.3 is 0 Å². The van der Waals surface area contributed by atoms with Gasteiger partial charge in [-0.15, -0.1) is 0 Å². The van der Waals surface area contributed by atoms with E-state index in [4.69, 9.17) is 4.74 Å². The minimum Gasteiger partial charge on any atom is -0.374 e. The van der Waals surface area contributed by atoms with Crippen LogP contribution < -0.4 is 0 Å². The van der Waals surface area contributed by atoms with Crippen LogP contribution in [0, 0.1) is 5.92 Å². The Morgan fingerprint density at radius 3 is 2.40 bits per heavy atom. The molecule has 1 aliphatic rings. The zero-order valence-corrected chi connectivity index (χ0v) is 12.4. The molecule has 0 atom stereocenters. The van der Waals surface area contributed by atoms with Gasteiger partial charge in [-0.05, 0) is 31.6 Å². The Kier molecular flexibility index (Phi) is 6.51. The maximum atomic E-state index is 6.16. The number of hydrogen-bond donors (Lipinski definition) is 0. The van der Waals surface area contributed by atoms with Gasteiger partial charge in [0.05, 0.1) is 5.60 Å². The van der Waals surface area contributed by atoms with Crippen molar-refractivity contribution < 1.29 is 4.74 Å². The summed E-state index contributed by atoms with van der Waals surface area (Å²) in [7, 11) is 0. The van der Waals surface area contributed by atoms with Crippen LogP contribution in [0.1, 0.15) is 58.8 Å². The molecule has 0 aromatic rings. The highest BCUT2D eigenvalue weighted by Gasteiger charge is 2.31. The van der Waals surface area contributed by atoms with Crippen molar-refractivity contribution in [2.24, 2.45) is 5.92 Å². The average Bonchev–Trinajstić information content (AvgIpc) is 2.26. The molecule has 1 rings (SSSR count). The third kappa shape index (κ3) is 5.03. The van der Waals surface area contributed by atoms with Crippen LogP contribution in [-0.4, -0.2) is 16.6 Å². The fourth-order valence-corrected chi connectivity index (χ4v) is 3.28. The van der Waals surface area contributed by atoms with Gasteiger partial charge < -0.3 is 4.74 Å². The summed E-state index contributed by atoms with van der Waals surface area (Å²) in [5.41, 5.74) is 0.246. The lowest BCUT2D eigenvalue weighted by Gasteiger charge is -2.36. The molecule has 0 aliphatic heterocycles. The fourth-order valence-electron chi connectivity index (χ4n) is 2.29. The molecule has 2 heteroatoms.